The molecule has 3 aliphatic carbocycles. The molecule has 1 spiro atoms. The Bertz CT molecular complexity index is 873. The maximum Gasteiger partial charge on any atom is 0.169 e. The molecule has 5 rings (SSSR count). The summed E-state index contributed by atoms with van der Waals surface area (Å²) in [6.45, 7) is 2.19. The summed E-state index contributed by atoms with van der Waals surface area (Å²) in [5, 5.41) is 2.57. The SMILES string of the molecule is CCc1cccc2cc3c(cc12)C(=O)C1(CC3)CC2=CCC1C2. The first kappa shape index (κ1) is 13.5. The van der Waals surface area contributed by atoms with Gasteiger partial charge in [0, 0.05) is 11.0 Å². The van der Waals surface area contributed by atoms with Crippen LogP contribution in [-0.2, 0) is 12.8 Å². The highest BCUT2D eigenvalue weighted by atomic mass is 16.1. The fourth-order valence-corrected chi connectivity index (χ4v) is 5.37. The maximum absolute atomic E-state index is 13.4. The molecule has 1 nitrogen and oxygen atoms in total. The highest BCUT2D eigenvalue weighted by Gasteiger charge is 2.53. The van der Waals surface area contributed by atoms with Gasteiger partial charge in [0.15, 0.2) is 5.78 Å². The minimum atomic E-state index is -0.0636. The van der Waals surface area contributed by atoms with E-state index in [0.29, 0.717) is 11.7 Å². The summed E-state index contributed by atoms with van der Waals surface area (Å²) in [5.41, 5.74) is 5.14. The van der Waals surface area contributed by atoms with Gasteiger partial charge >= 0.3 is 0 Å². The first-order valence-electron chi connectivity index (χ1n) is 8.98. The van der Waals surface area contributed by atoms with Gasteiger partial charge in [-0.2, -0.15) is 0 Å². The quantitative estimate of drug-likeness (QED) is 0.657. The number of ketones is 1. The van der Waals surface area contributed by atoms with Gasteiger partial charge < -0.3 is 0 Å². The lowest BCUT2D eigenvalue weighted by atomic mass is 9.63. The van der Waals surface area contributed by atoms with E-state index in [1.165, 1.54) is 28.3 Å². The fourth-order valence-electron chi connectivity index (χ4n) is 5.37. The smallest absolute Gasteiger partial charge is 0.169 e. The standard InChI is InChI=1S/C22H22O/c1-2-15-4-3-5-16-11-17-8-9-22(13-14-6-7-18(22)10-14)21(23)20(17)12-19(15)16/h3-6,11-12,18H,2,7-10,13H2,1H3. The number of carbonyl (C=O) groups is 1. The van der Waals surface area contributed by atoms with Gasteiger partial charge in [-0.05, 0) is 72.4 Å². The Hall–Kier alpha value is -1.89. The van der Waals surface area contributed by atoms with Gasteiger partial charge in [0.05, 0.1) is 0 Å². The molecule has 23 heavy (non-hydrogen) atoms. The molecule has 1 heteroatoms. The summed E-state index contributed by atoms with van der Waals surface area (Å²) in [5.74, 6) is 1.02. The molecule has 0 amide bonds. The highest BCUT2D eigenvalue weighted by Crippen LogP contribution is 2.58. The van der Waals surface area contributed by atoms with E-state index in [1.807, 2.05) is 0 Å². The third-order valence-corrected chi connectivity index (χ3v) is 6.64. The third-order valence-electron chi connectivity index (χ3n) is 6.64. The van der Waals surface area contributed by atoms with E-state index in [2.05, 4.69) is 43.3 Å². The Morgan fingerprint density at radius 1 is 1.26 bits per heavy atom. The summed E-state index contributed by atoms with van der Waals surface area (Å²) in [6.07, 6.45) is 8.86. The van der Waals surface area contributed by atoms with Crippen LogP contribution in [0.2, 0.25) is 0 Å². The lowest BCUT2D eigenvalue weighted by Gasteiger charge is -2.39. The van der Waals surface area contributed by atoms with Crippen molar-refractivity contribution in [3.05, 3.63) is 58.7 Å². The van der Waals surface area contributed by atoms with Crippen LogP contribution in [0.3, 0.4) is 0 Å². The van der Waals surface area contributed by atoms with E-state index < -0.39 is 0 Å². The second-order valence-corrected chi connectivity index (χ2v) is 7.66. The van der Waals surface area contributed by atoms with Crippen molar-refractivity contribution in [3.63, 3.8) is 0 Å². The molecule has 2 unspecified atom stereocenters. The van der Waals surface area contributed by atoms with E-state index in [-0.39, 0.29) is 5.41 Å². The van der Waals surface area contributed by atoms with Crippen molar-refractivity contribution in [2.75, 3.05) is 0 Å². The number of fused-ring (bicyclic) bond motifs is 5. The van der Waals surface area contributed by atoms with Gasteiger partial charge in [-0.3, -0.25) is 4.79 Å². The number of rotatable bonds is 1. The number of hydrogen-bond acceptors (Lipinski definition) is 1. The maximum atomic E-state index is 13.4. The van der Waals surface area contributed by atoms with Crippen molar-refractivity contribution < 1.29 is 4.79 Å². The monoisotopic (exact) mass is 302 g/mol. The number of Topliss-reactive ketones (excluding diaryl/α,β-unsaturated/α-hetero) is 1. The number of hydrogen-bond donors (Lipinski definition) is 0. The van der Waals surface area contributed by atoms with Crippen molar-refractivity contribution >= 4 is 16.6 Å². The molecule has 1 saturated carbocycles. The van der Waals surface area contributed by atoms with Crippen LogP contribution in [-0.4, -0.2) is 5.78 Å². The summed E-state index contributed by atoms with van der Waals surface area (Å²) in [4.78, 5) is 13.4. The van der Waals surface area contributed by atoms with E-state index in [4.69, 9.17) is 0 Å². The van der Waals surface area contributed by atoms with Crippen LogP contribution >= 0.6 is 0 Å². The zero-order valence-electron chi connectivity index (χ0n) is 13.7. The van der Waals surface area contributed by atoms with Gasteiger partial charge in [0.1, 0.15) is 0 Å². The largest absolute Gasteiger partial charge is 0.294 e. The summed E-state index contributed by atoms with van der Waals surface area (Å²) >= 11 is 0. The van der Waals surface area contributed by atoms with Crippen molar-refractivity contribution in [1.29, 1.82) is 0 Å². The number of carbonyl (C=O) groups excluding carboxylic acids is 1. The second-order valence-electron chi connectivity index (χ2n) is 7.66. The molecular weight excluding hydrogens is 280 g/mol. The molecule has 0 heterocycles. The lowest BCUT2D eigenvalue weighted by Crippen LogP contribution is -2.39. The minimum Gasteiger partial charge on any atom is -0.294 e. The molecule has 2 atom stereocenters. The lowest BCUT2D eigenvalue weighted by molar-refractivity contribution is 0.0671. The first-order valence-corrected chi connectivity index (χ1v) is 8.98. The van der Waals surface area contributed by atoms with Gasteiger partial charge in [-0.25, -0.2) is 0 Å². The molecule has 0 aliphatic heterocycles. The summed E-state index contributed by atoms with van der Waals surface area (Å²) in [6, 6.07) is 11.0. The van der Waals surface area contributed by atoms with Crippen LogP contribution in [0, 0.1) is 11.3 Å². The zero-order chi connectivity index (χ0) is 15.6. The third kappa shape index (κ3) is 1.71. The van der Waals surface area contributed by atoms with Crippen LogP contribution in [0.5, 0.6) is 0 Å². The Kier molecular flexibility index (Phi) is 2.69. The average Bonchev–Trinajstić information content (AvgIpc) is 3.18. The Labute approximate surface area is 137 Å². The molecule has 0 aromatic heterocycles. The topological polar surface area (TPSA) is 17.1 Å². The van der Waals surface area contributed by atoms with Gasteiger partial charge in [-0.1, -0.05) is 42.8 Å². The molecule has 0 radical (unpaired) electrons. The predicted molar refractivity (Wildman–Crippen MR) is 93.8 cm³/mol. The molecule has 1 fully saturated rings. The number of allylic oxidation sites excluding steroid dienone is 2. The molecular formula is C22H22O. The van der Waals surface area contributed by atoms with Gasteiger partial charge in [-0.15, -0.1) is 0 Å². The molecule has 2 aromatic rings. The Morgan fingerprint density at radius 3 is 2.91 bits per heavy atom. The molecule has 0 N–H and O–H groups in total. The van der Waals surface area contributed by atoms with Crippen LogP contribution < -0.4 is 0 Å². The normalized spacial score (nSPS) is 28.5. The van der Waals surface area contributed by atoms with Crippen molar-refractivity contribution in [1.82, 2.24) is 0 Å². The van der Waals surface area contributed by atoms with Crippen molar-refractivity contribution in [2.45, 2.75) is 45.4 Å². The van der Waals surface area contributed by atoms with Crippen LogP contribution in [0.4, 0.5) is 0 Å². The molecule has 0 saturated heterocycles. The minimum absolute atomic E-state index is 0.0636. The van der Waals surface area contributed by atoms with Crippen molar-refractivity contribution in [2.24, 2.45) is 11.3 Å². The molecule has 2 aromatic carbocycles. The number of aryl methyl sites for hydroxylation is 2. The Balaban J connectivity index is 1.69. The van der Waals surface area contributed by atoms with Crippen LogP contribution in [0.1, 0.15) is 54.1 Å². The van der Waals surface area contributed by atoms with Crippen molar-refractivity contribution in [3.8, 4) is 0 Å². The summed E-state index contributed by atoms with van der Waals surface area (Å²) in [7, 11) is 0. The summed E-state index contributed by atoms with van der Waals surface area (Å²) < 4.78 is 0. The Morgan fingerprint density at radius 2 is 2.17 bits per heavy atom. The predicted octanol–water partition coefficient (Wildman–Crippen LogP) is 5.26. The molecule has 116 valence electrons. The first-order chi connectivity index (χ1) is 11.2. The number of benzene rings is 2. The fraction of sp³-hybridized carbons (Fsp3) is 0.409. The van der Waals surface area contributed by atoms with E-state index in [9.17, 15) is 4.79 Å². The van der Waals surface area contributed by atoms with Gasteiger partial charge in [0.2, 0.25) is 0 Å². The van der Waals surface area contributed by atoms with E-state index in [0.717, 1.165) is 37.7 Å². The second kappa shape index (κ2) is 4.56. The molecule has 2 bridgehead atoms. The zero-order valence-corrected chi connectivity index (χ0v) is 13.7. The average molecular weight is 302 g/mol. The van der Waals surface area contributed by atoms with Gasteiger partial charge in [0.25, 0.3) is 0 Å². The molecule has 3 aliphatic rings. The van der Waals surface area contributed by atoms with E-state index >= 15 is 0 Å². The van der Waals surface area contributed by atoms with Crippen LogP contribution in [0.15, 0.2) is 42.0 Å². The highest BCUT2D eigenvalue weighted by molar-refractivity contribution is 6.07. The van der Waals surface area contributed by atoms with E-state index in [1.54, 1.807) is 5.57 Å². The van der Waals surface area contributed by atoms with Crippen LogP contribution in [0.25, 0.3) is 10.8 Å².